The van der Waals surface area contributed by atoms with Crippen LogP contribution in [0.4, 0.5) is 0 Å². The minimum atomic E-state index is -0.431. The molecule has 0 atom stereocenters. The lowest BCUT2D eigenvalue weighted by molar-refractivity contribution is 0.0949. The summed E-state index contributed by atoms with van der Waals surface area (Å²) >= 11 is 5.91. The molecule has 32 heavy (non-hydrogen) atoms. The van der Waals surface area contributed by atoms with E-state index in [0.29, 0.717) is 22.5 Å². The molecule has 2 aromatic carbocycles. The van der Waals surface area contributed by atoms with Gasteiger partial charge in [-0.3, -0.25) is 9.59 Å². The molecule has 1 aromatic heterocycles. The average Bonchev–Trinajstić information content (AvgIpc) is 2.78. The molecule has 166 valence electrons. The van der Waals surface area contributed by atoms with Gasteiger partial charge in [-0.1, -0.05) is 35.6 Å². The maximum Gasteiger partial charge on any atom is 0.257 e. The Bertz CT molecular complexity index is 1220. The van der Waals surface area contributed by atoms with Crippen molar-refractivity contribution in [2.45, 2.75) is 19.5 Å². The molecular weight excluding hydrogens is 426 g/mol. The third-order valence-corrected chi connectivity index (χ3v) is 5.26. The zero-order valence-electron chi connectivity index (χ0n) is 18.2. The maximum atomic E-state index is 13.2. The van der Waals surface area contributed by atoms with E-state index in [0.717, 1.165) is 24.0 Å². The van der Waals surface area contributed by atoms with Gasteiger partial charge in [-0.2, -0.15) is 0 Å². The summed E-state index contributed by atoms with van der Waals surface area (Å²) in [6.45, 7) is 1.57. The topological polar surface area (TPSA) is 74.6 Å². The Morgan fingerprint density at radius 2 is 1.94 bits per heavy atom. The van der Waals surface area contributed by atoms with Gasteiger partial charge in [-0.25, -0.2) is 0 Å². The Labute approximate surface area is 192 Å². The van der Waals surface area contributed by atoms with E-state index in [4.69, 9.17) is 16.7 Å². The molecule has 2 N–H and O–H groups in total. The Morgan fingerprint density at radius 3 is 2.62 bits per heavy atom. The van der Waals surface area contributed by atoms with Crippen molar-refractivity contribution in [2.75, 3.05) is 27.2 Å². The van der Waals surface area contributed by atoms with E-state index in [1.54, 1.807) is 24.4 Å². The summed E-state index contributed by atoms with van der Waals surface area (Å²) in [5, 5.41) is 12.8. The van der Waals surface area contributed by atoms with Crippen molar-refractivity contribution < 1.29 is 9.90 Å². The zero-order valence-corrected chi connectivity index (χ0v) is 18.9. The van der Waals surface area contributed by atoms with Gasteiger partial charge in [0, 0.05) is 35.3 Å². The van der Waals surface area contributed by atoms with E-state index in [1.807, 2.05) is 42.9 Å². The molecule has 1 amide bonds. The number of benzene rings is 2. The van der Waals surface area contributed by atoms with Crippen molar-refractivity contribution in [3.05, 3.63) is 80.6 Å². The first kappa shape index (κ1) is 23.6. The van der Waals surface area contributed by atoms with Crippen molar-refractivity contribution in [1.82, 2.24) is 14.8 Å². The van der Waals surface area contributed by atoms with Crippen molar-refractivity contribution >= 4 is 28.4 Å². The van der Waals surface area contributed by atoms with Crippen LogP contribution in [0.2, 0.25) is 5.02 Å². The second-order valence-electron chi connectivity index (χ2n) is 7.72. The number of nitrogens with one attached hydrogen (secondary N) is 1. The molecule has 3 aromatic rings. The fourth-order valence-electron chi connectivity index (χ4n) is 3.40. The number of nitrogens with zero attached hydrogens (tertiary/aromatic N) is 2. The van der Waals surface area contributed by atoms with Crippen molar-refractivity contribution in [3.63, 3.8) is 0 Å². The van der Waals surface area contributed by atoms with Gasteiger partial charge in [0.2, 0.25) is 5.43 Å². The number of aliphatic hydroxyl groups is 1. The molecule has 0 spiro atoms. The largest absolute Gasteiger partial charge is 0.384 e. The Morgan fingerprint density at radius 1 is 1.19 bits per heavy atom. The second kappa shape index (κ2) is 11.0. The summed E-state index contributed by atoms with van der Waals surface area (Å²) < 4.78 is 1.95. The van der Waals surface area contributed by atoms with E-state index in [-0.39, 0.29) is 24.1 Å². The van der Waals surface area contributed by atoms with Gasteiger partial charge in [-0.05, 0) is 63.0 Å². The third kappa shape index (κ3) is 5.98. The highest BCUT2D eigenvalue weighted by molar-refractivity contribution is 6.30. The number of carbonyl (C=O) groups is 1. The molecule has 0 aliphatic rings. The predicted molar refractivity (Wildman–Crippen MR) is 128 cm³/mol. The molecule has 0 aliphatic carbocycles. The number of amides is 1. The van der Waals surface area contributed by atoms with Crippen molar-refractivity contribution in [2.24, 2.45) is 0 Å². The van der Waals surface area contributed by atoms with Gasteiger partial charge >= 0.3 is 0 Å². The average molecular weight is 452 g/mol. The van der Waals surface area contributed by atoms with Crippen LogP contribution < -0.4 is 10.7 Å². The molecule has 3 rings (SSSR count). The Hall–Kier alpha value is -3.11. The number of fused-ring (bicyclic) bond motifs is 1. The van der Waals surface area contributed by atoms with Crippen LogP contribution in [0, 0.1) is 11.8 Å². The van der Waals surface area contributed by atoms with Gasteiger partial charge in [0.25, 0.3) is 5.91 Å². The molecule has 0 fully saturated rings. The normalized spacial score (nSPS) is 10.8. The van der Waals surface area contributed by atoms with E-state index < -0.39 is 5.91 Å². The fourth-order valence-corrected chi connectivity index (χ4v) is 3.53. The van der Waals surface area contributed by atoms with E-state index in [2.05, 4.69) is 22.1 Å². The number of aryl methyl sites for hydroxylation is 1. The van der Waals surface area contributed by atoms with Crippen LogP contribution in [-0.4, -0.2) is 47.7 Å². The summed E-state index contributed by atoms with van der Waals surface area (Å²) in [4.78, 5) is 28.2. The molecule has 7 heteroatoms. The van der Waals surface area contributed by atoms with Crippen LogP contribution in [0.5, 0.6) is 0 Å². The first-order valence-electron chi connectivity index (χ1n) is 10.3. The Balaban J connectivity index is 1.97. The van der Waals surface area contributed by atoms with Gasteiger partial charge in [-0.15, -0.1) is 0 Å². The summed E-state index contributed by atoms with van der Waals surface area (Å²) in [6, 6.07) is 12.5. The minimum absolute atomic E-state index is 0.0867. The first-order valence-corrected chi connectivity index (χ1v) is 10.7. The van der Waals surface area contributed by atoms with Gasteiger partial charge in [0.05, 0.1) is 5.52 Å². The summed E-state index contributed by atoms with van der Waals surface area (Å²) in [5.74, 6) is 4.99. The second-order valence-corrected chi connectivity index (χ2v) is 8.16. The minimum Gasteiger partial charge on any atom is -0.384 e. The molecular formula is C25H26ClN3O3. The zero-order chi connectivity index (χ0) is 23.1. The maximum absolute atomic E-state index is 13.2. The van der Waals surface area contributed by atoms with Gasteiger partial charge < -0.3 is 19.9 Å². The molecule has 0 saturated carbocycles. The monoisotopic (exact) mass is 451 g/mol. The van der Waals surface area contributed by atoms with Crippen LogP contribution in [0.25, 0.3) is 10.9 Å². The molecule has 0 bridgehead atoms. The lowest BCUT2D eigenvalue weighted by Crippen LogP contribution is -2.29. The standard InChI is InChI=1S/C25H26ClN3O3/c1-28(2)12-4-13-29-17-22(25(32)27-16-19-6-9-20(26)10-7-19)24(31)21-15-18(5-3-14-30)8-11-23(21)29/h6-11,15,17,30H,4,12-14,16H2,1-2H3,(H,27,32). The van der Waals surface area contributed by atoms with Crippen LogP contribution in [0.3, 0.4) is 0 Å². The summed E-state index contributed by atoms with van der Waals surface area (Å²) in [7, 11) is 4.01. The summed E-state index contributed by atoms with van der Waals surface area (Å²) in [5.41, 5.74) is 1.99. The number of halogens is 1. The van der Waals surface area contributed by atoms with Crippen LogP contribution in [0.15, 0.2) is 53.5 Å². The van der Waals surface area contributed by atoms with Crippen LogP contribution >= 0.6 is 11.6 Å². The predicted octanol–water partition coefficient (Wildman–Crippen LogP) is 2.88. The highest BCUT2D eigenvalue weighted by atomic mass is 35.5. The van der Waals surface area contributed by atoms with E-state index >= 15 is 0 Å². The number of carbonyl (C=O) groups excluding carboxylic acids is 1. The van der Waals surface area contributed by atoms with Gasteiger partial charge in [0.15, 0.2) is 0 Å². The number of aliphatic hydroxyl groups excluding tert-OH is 1. The molecule has 0 unspecified atom stereocenters. The number of hydrogen-bond donors (Lipinski definition) is 2. The lowest BCUT2D eigenvalue weighted by Gasteiger charge is -2.15. The number of rotatable bonds is 7. The number of aromatic nitrogens is 1. The molecule has 0 saturated heterocycles. The number of hydrogen-bond acceptors (Lipinski definition) is 4. The number of pyridine rings is 1. The molecule has 6 nitrogen and oxygen atoms in total. The lowest BCUT2D eigenvalue weighted by atomic mass is 10.1. The molecule has 0 radical (unpaired) electrons. The highest BCUT2D eigenvalue weighted by Crippen LogP contribution is 2.16. The van der Waals surface area contributed by atoms with Crippen LogP contribution in [0.1, 0.15) is 27.9 Å². The van der Waals surface area contributed by atoms with Crippen molar-refractivity contribution in [3.8, 4) is 11.8 Å². The highest BCUT2D eigenvalue weighted by Gasteiger charge is 2.16. The smallest absolute Gasteiger partial charge is 0.257 e. The third-order valence-electron chi connectivity index (χ3n) is 5.01. The SMILES string of the molecule is CN(C)CCCn1cc(C(=O)NCc2ccc(Cl)cc2)c(=O)c2cc(C#CCO)ccc21. The van der Waals surface area contributed by atoms with Gasteiger partial charge in [0.1, 0.15) is 12.2 Å². The molecule has 0 aliphatic heterocycles. The van der Waals surface area contributed by atoms with Crippen molar-refractivity contribution in [1.29, 1.82) is 0 Å². The first-order chi connectivity index (χ1) is 15.4. The van der Waals surface area contributed by atoms with E-state index in [9.17, 15) is 9.59 Å². The molecule has 1 heterocycles. The Kier molecular flexibility index (Phi) is 8.07. The quantitative estimate of drug-likeness (QED) is 0.542. The van der Waals surface area contributed by atoms with E-state index in [1.165, 1.54) is 0 Å². The summed E-state index contributed by atoms with van der Waals surface area (Å²) in [6.07, 6.45) is 2.50. The fraction of sp³-hybridized carbons (Fsp3) is 0.280. The van der Waals surface area contributed by atoms with Crippen LogP contribution in [-0.2, 0) is 13.1 Å².